The molecule has 5 nitrogen and oxygen atoms in total. The van der Waals surface area contributed by atoms with E-state index in [1.165, 1.54) is 0 Å². The number of hydrogen-bond donors (Lipinski definition) is 1. The second-order valence-corrected chi connectivity index (χ2v) is 10.7. The summed E-state index contributed by atoms with van der Waals surface area (Å²) in [7, 11) is -2.28. The molecule has 0 unspecified atom stereocenters. The number of rotatable bonds is 9. The zero-order chi connectivity index (χ0) is 18.2. The van der Waals surface area contributed by atoms with Crippen LogP contribution in [0.2, 0.25) is 0 Å². The molecule has 1 heterocycles. The summed E-state index contributed by atoms with van der Waals surface area (Å²) >= 11 is 0. The molecule has 0 aliphatic heterocycles. The predicted molar refractivity (Wildman–Crippen MR) is 101 cm³/mol. The van der Waals surface area contributed by atoms with E-state index in [9.17, 15) is 9.36 Å². The van der Waals surface area contributed by atoms with Gasteiger partial charge in [0.2, 0.25) is 0 Å². The van der Waals surface area contributed by atoms with Crippen molar-refractivity contribution in [3.05, 3.63) is 30.1 Å². The van der Waals surface area contributed by atoms with Gasteiger partial charge in [-0.2, -0.15) is 5.10 Å². The number of carbonyl (C=O) groups excluding carboxylic acids is 1. The maximum absolute atomic E-state index is 13.4. The molecule has 0 saturated carbocycles. The molecule has 0 fully saturated rings. The van der Waals surface area contributed by atoms with Gasteiger partial charge in [-0.05, 0) is 38.3 Å². The number of hydrazone groups is 1. The second-order valence-electron chi connectivity index (χ2n) is 6.85. The molecular weight excluding hydrogens is 321 g/mol. The van der Waals surface area contributed by atoms with E-state index in [4.69, 9.17) is 0 Å². The lowest BCUT2D eigenvalue weighted by Gasteiger charge is -2.34. The van der Waals surface area contributed by atoms with E-state index in [2.05, 4.69) is 43.2 Å². The molecule has 0 aliphatic rings. The van der Waals surface area contributed by atoms with Gasteiger partial charge in [0.1, 0.15) is 0 Å². The number of hydrogen-bond acceptors (Lipinski definition) is 4. The zero-order valence-electron chi connectivity index (χ0n) is 15.5. The SMILES string of the molecule is CCCP(=O)(CCC)C(C)(C)C/C(C)=N/NC(=O)c1ccncc1. The van der Waals surface area contributed by atoms with Crippen LogP contribution in [0.1, 0.15) is 64.2 Å². The monoisotopic (exact) mass is 351 g/mol. The number of nitrogens with one attached hydrogen (secondary N) is 1. The van der Waals surface area contributed by atoms with Crippen LogP contribution in [-0.4, -0.2) is 34.1 Å². The van der Waals surface area contributed by atoms with Gasteiger partial charge in [0, 0.05) is 41.1 Å². The minimum absolute atomic E-state index is 0.264. The third-order valence-electron chi connectivity index (χ3n) is 4.25. The third-order valence-corrected chi connectivity index (χ3v) is 8.96. The van der Waals surface area contributed by atoms with Crippen molar-refractivity contribution in [3.63, 3.8) is 0 Å². The highest BCUT2D eigenvalue weighted by Crippen LogP contribution is 2.60. The summed E-state index contributed by atoms with van der Waals surface area (Å²) in [4.78, 5) is 15.9. The molecule has 134 valence electrons. The van der Waals surface area contributed by atoms with E-state index < -0.39 is 7.14 Å². The van der Waals surface area contributed by atoms with E-state index in [0.29, 0.717) is 12.0 Å². The van der Waals surface area contributed by atoms with E-state index >= 15 is 0 Å². The molecule has 1 aromatic rings. The van der Waals surface area contributed by atoms with Gasteiger partial charge >= 0.3 is 0 Å². The molecule has 1 rings (SSSR count). The molecule has 0 radical (unpaired) electrons. The van der Waals surface area contributed by atoms with Crippen molar-refractivity contribution in [2.75, 3.05) is 12.3 Å². The number of pyridine rings is 1. The Morgan fingerprint density at radius 1 is 1.21 bits per heavy atom. The maximum Gasteiger partial charge on any atom is 0.271 e. The van der Waals surface area contributed by atoms with Gasteiger partial charge < -0.3 is 4.57 Å². The van der Waals surface area contributed by atoms with Crippen LogP contribution in [0.15, 0.2) is 29.6 Å². The molecular formula is C18H30N3O2P. The van der Waals surface area contributed by atoms with Crippen molar-refractivity contribution in [1.82, 2.24) is 10.4 Å². The summed E-state index contributed by atoms with van der Waals surface area (Å²) in [6, 6.07) is 3.28. The Hall–Kier alpha value is -1.48. The van der Waals surface area contributed by atoms with Gasteiger partial charge in [-0.25, -0.2) is 5.43 Å². The quantitative estimate of drug-likeness (QED) is 0.403. The Kier molecular flexibility index (Phi) is 7.82. The molecule has 0 spiro atoms. The first kappa shape index (κ1) is 20.6. The summed E-state index contributed by atoms with van der Waals surface area (Å²) in [6.07, 6.45) is 7.14. The molecule has 1 N–H and O–H groups in total. The van der Waals surface area contributed by atoms with Crippen LogP contribution in [0.25, 0.3) is 0 Å². The number of aromatic nitrogens is 1. The van der Waals surface area contributed by atoms with Gasteiger partial charge in [0.15, 0.2) is 0 Å². The van der Waals surface area contributed by atoms with Gasteiger partial charge in [0.05, 0.1) is 7.14 Å². The third kappa shape index (κ3) is 5.55. The highest BCUT2D eigenvalue weighted by atomic mass is 31.2. The molecule has 0 aromatic carbocycles. The van der Waals surface area contributed by atoms with Crippen LogP contribution in [0.4, 0.5) is 0 Å². The Labute approximate surface area is 145 Å². The molecule has 1 amide bonds. The van der Waals surface area contributed by atoms with Crippen molar-refractivity contribution in [2.24, 2.45) is 5.10 Å². The van der Waals surface area contributed by atoms with Crippen molar-refractivity contribution < 1.29 is 9.36 Å². The van der Waals surface area contributed by atoms with Crippen LogP contribution < -0.4 is 5.43 Å². The minimum Gasteiger partial charge on any atom is -0.323 e. The Morgan fingerprint density at radius 3 is 2.25 bits per heavy atom. The van der Waals surface area contributed by atoms with Crippen molar-refractivity contribution in [1.29, 1.82) is 0 Å². The molecule has 6 heteroatoms. The van der Waals surface area contributed by atoms with Crippen molar-refractivity contribution in [2.45, 2.75) is 59.0 Å². The van der Waals surface area contributed by atoms with Gasteiger partial charge in [-0.1, -0.05) is 27.7 Å². The van der Waals surface area contributed by atoms with Crippen LogP contribution in [0.3, 0.4) is 0 Å². The largest absolute Gasteiger partial charge is 0.323 e. The minimum atomic E-state index is -2.28. The van der Waals surface area contributed by atoms with Crippen LogP contribution in [0, 0.1) is 0 Å². The molecule has 0 atom stereocenters. The van der Waals surface area contributed by atoms with E-state index in [-0.39, 0.29) is 11.1 Å². The molecule has 0 saturated heterocycles. The van der Waals surface area contributed by atoms with E-state index in [1.807, 2.05) is 6.92 Å². The summed E-state index contributed by atoms with van der Waals surface area (Å²) in [6.45, 7) is 10.1. The average Bonchev–Trinajstić information content (AvgIpc) is 2.53. The number of nitrogens with zero attached hydrogens (tertiary/aromatic N) is 2. The highest BCUT2D eigenvalue weighted by molar-refractivity contribution is 7.65. The van der Waals surface area contributed by atoms with Crippen LogP contribution in [0.5, 0.6) is 0 Å². The summed E-state index contributed by atoms with van der Waals surface area (Å²) in [5.41, 5.74) is 3.87. The Bertz CT molecular complexity index is 602. The van der Waals surface area contributed by atoms with Gasteiger partial charge in [-0.15, -0.1) is 0 Å². The van der Waals surface area contributed by atoms with E-state index in [0.717, 1.165) is 30.9 Å². The fourth-order valence-corrected chi connectivity index (χ4v) is 6.36. The summed E-state index contributed by atoms with van der Waals surface area (Å²) < 4.78 is 13.4. The lowest BCUT2D eigenvalue weighted by molar-refractivity contribution is 0.0954. The number of carbonyl (C=O) groups is 1. The van der Waals surface area contributed by atoms with Gasteiger partial charge in [-0.3, -0.25) is 9.78 Å². The summed E-state index contributed by atoms with van der Waals surface area (Å²) in [5, 5.41) is 3.88. The predicted octanol–water partition coefficient (Wildman–Crippen LogP) is 4.54. The zero-order valence-corrected chi connectivity index (χ0v) is 16.4. The lowest BCUT2D eigenvalue weighted by Crippen LogP contribution is -2.28. The standard InChI is InChI=1S/C18H30N3O2P/c1-6-12-24(23,13-7-2)18(4,5)14-15(3)20-21-17(22)16-8-10-19-11-9-16/h8-11H,6-7,12-14H2,1-5H3,(H,21,22)/b20-15+. The molecule has 1 aromatic heterocycles. The lowest BCUT2D eigenvalue weighted by atomic mass is 10.1. The Balaban J connectivity index is 2.78. The number of amides is 1. The van der Waals surface area contributed by atoms with Crippen molar-refractivity contribution >= 4 is 18.8 Å². The average molecular weight is 351 g/mol. The van der Waals surface area contributed by atoms with E-state index in [1.54, 1.807) is 24.5 Å². The van der Waals surface area contributed by atoms with Crippen LogP contribution >= 0.6 is 7.14 Å². The Morgan fingerprint density at radius 2 is 1.75 bits per heavy atom. The first-order chi connectivity index (χ1) is 11.3. The smallest absolute Gasteiger partial charge is 0.271 e. The van der Waals surface area contributed by atoms with Gasteiger partial charge in [0.25, 0.3) is 5.91 Å². The fourth-order valence-electron chi connectivity index (χ4n) is 2.96. The first-order valence-corrected chi connectivity index (χ1v) is 10.6. The van der Waals surface area contributed by atoms with Crippen LogP contribution in [-0.2, 0) is 4.57 Å². The highest BCUT2D eigenvalue weighted by Gasteiger charge is 2.38. The summed E-state index contributed by atoms with van der Waals surface area (Å²) in [5.74, 6) is -0.264. The molecule has 24 heavy (non-hydrogen) atoms. The maximum atomic E-state index is 13.4. The molecule has 0 bridgehead atoms. The van der Waals surface area contributed by atoms with Crippen molar-refractivity contribution in [3.8, 4) is 0 Å². The second kappa shape index (κ2) is 9.12. The topological polar surface area (TPSA) is 71.4 Å². The first-order valence-electron chi connectivity index (χ1n) is 8.57. The normalized spacial score (nSPS) is 13.0. The fraction of sp³-hybridized carbons (Fsp3) is 0.611. The molecule has 0 aliphatic carbocycles.